The predicted molar refractivity (Wildman–Crippen MR) is 123 cm³/mol. The summed E-state index contributed by atoms with van der Waals surface area (Å²) in [6, 6.07) is 10.8. The first-order valence-corrected chi connectivity index (χ1v) is 11.4. The van der Waals surface area contributed by atoms with Gasteiger partial charge >= 0.3 is 6.18 Å². The van der Waals surface area contributed by atoms with Crippen molar-refractivity contribution in [2.45, 2.75) is 25.9 Å². The summed E-state index contributed by atoms with van der Waals surface area (Å²) in [7, 11) is 0. The molecule has 9 heteroatoms. The number of alkyl halides is 3. The predicted octanol–water partition coefficient (Wildman–Crippen LogP) is 4.34. The molecule has 0 spiro atoms. The third-order valence-corrected chi connectivity index (χ3v) is 6.46. The molecule has 4 rings (SSSR count). The second-order valence-corrected chi connectivity index (χ2v) is 8.70. The number of hydrogen-bond donors (Lipinski definition) is 1. The number of carbonyl (C=O) groups excluding carboxylic acids is 2. The van der Waals surface area contributed by atoms with Crippen molar-refractivity contribution in [1.29, 1.82) is 0 Å². The van der Waals surface area contributed by atoms with Crippen LogP contribution in [0.15, 0.2) is 42.5 Å². The molecule has 2 heterocycles. The van der Waals surface area contributed by atoms with Crippen LogP contribution in [0.4, 0.5) is 24.5 Å². The summed E-state index contributed by atoms with van der Waals surface area (Å²) in [5.74, 6) is -0.769. The molecular formula is C25H28F3N3O3. The molecule has 0 saturated carbocycles. The summed E-state index contributed by atoms with van der Waals surface area (Å²) >= 11 is 0. The monoisotopic (exact) mass is 475 g/mol. The average molecular weight is 476 g/mol. The minimum atomic E-state index is -4.51. The molecule has 2 aromatic rings. The Kier molecular flexibility index (Phi) is 7.11. The summed E-state index contributed by atoms with van der Waals surface area (Å²) in [6.45, 7) is 4.74. The Labute approximate surface area is 196 Å². The van der Waals surface area contributed by atoms with E-state index in [9.17, 15) is 22.8 Å². The lowest BCUT2D eigenvalue weighted by atomic mass is 9.94. The standard InChI is InChI=1S/C25H28F3N3O3/c1-17-4-2-3-5-20(17)24(33)31-10-8-18(9-11-31)23(32)29-21-16-19(25(26,27)28)6-7-22(21)30-12-14-34-15-13-30/h2-7,16,18H,8-15H2,1H3,(H,29,32). The van der Waals surface area contributed by atoms with Crippen LogP contribution in [0.3, 0.4) is 0 Å². The van der Waals surface area contributed by atoms with Gasteiger partial charge < -0.3 is 19.9 Å². The number of anilines is 2. The van der Waals surface area contributed by atoms with Gasteiger partial charge in [-0.2, -0.15) is 13.2 Å². The van der Waals surface area contributed by atoms with E-state index in [0.717, 1.165) is 17.7 Å². The molecule has 2 aromatic carbocycles. The maximum Gasteiger partial charge on any atom is 0.416 e. The van der Waals surface area contributed by atoms with Gasteiger partial charge in [0.25, 0.3) is 5.91 Å². The number of carbonyl (C=O) groups is 2. The van der Waals surface area contributed by atoms with E-state index in [4.69, 9.17) is 4.74 Å². The molecule has 0 aliphatic carbocycles. The van der Waals surface area contributed by atoms with Crippen LogP contribution in [0.1, 0.15) is 34.3 Å². The Morgan fingerprint density at radius 3 is 2.32 bits per heavy atom. The molecule has 2 saturated heterocycles. The smallest absolute Gasteiger partial charge is 0.378 e. The Bertz CT molecular complexity index is 1040. The number of likely N-dealkylation sites (tertiary alicyclic amines) is 1. The van der Waals surface area contributed by atoms with Gasteiger partial charge in [-0.3, -0.25) is 9.59 Å². The first-order valence-electron chi connectivity index (χ1n) is 11.4. The Morgan fingerprint density at radius 2 is 1.68 bits per heavy atom. The number of hydrogen-bond acceptors (Lipinski definition) is 4. The third-order valence-electron chi connectivity index (χ3n) is 6.46. The van der Waals surface area contributed by atoms with Crippen molar-refractivity contribution in [3.8, 4) is 0 Å². The van der Waals surface area contributed by atoms with E-state index in [1.54, 1.807) is 11.0 Å². The molecule has 0 aromatic heterocycles. The van der Waals surface area contributed by atoms with Gasteiger partial charge in [0.05, 0.1) is 30.2 Å². The van der Waals surface area contributed by atoms with E-state index >= 15 is 0 Å². The first kappa shape index (κ1) is 24.1. The number of piperidine rings is 1. The Hall–Kier alpha value is -3.07. The van der Waals surface area contributed by atoms with Gasteiger partial charge in [0.2, 0.25) is 5.91 Å². The summed E-state index contributed by atoms with van der Waals surface area (Å²) in [6.07, 6.45) is -3.60. The van der Waals surface area contributed by atoms with E-state index < -0.39 is 11.7 Å². The molecule has 0 atom stereocenters. The van der Waals surface area contributed by atoms with Gasteiger partial charge in [-0.25, -0.2) is 0 Å². The van der Waals surface area contributed by atoms with Crippen LogP contribution < -0.4 is 10.2 Å². The van der Waals surface area contributed by atoms with Crippen molar-refractivity contribution in [3.63, 3.8) is 0 Å². The van der Waals surface area contributed by atoms with Gasteiger partial charge in [0, 0.05) is 37.7 Å². The van der Waals surface area contributed by atoms with E-state index in [2.05, 4.69) is 5.32 Å². The van der Waals surface area contributed by atoms with E-state index in [-0.39, 0.29) is 23.4 Å². The fourth-order valence-corrected chi connectivity index (χ4v) is 4.46. The fraction of sp³-hybridized carbons (Fsp3) is 0.440. The molecule has 182 valence electrons. The first-order chi connectivity index (χ1) is 16.2. The number of rotatable bonds is 4. The molecule has 6 nitrogen and oxygen atoms in total. The van der Waals surface area contributed by atoms with E-state index in [1.807, 2.05) is 30.0 Å². The van der Waals surface area contributed by atoms with Gasteiger partial charge in [0.15, 0.2) is 0 Å². The van der Waals surface area contributed by atoms with Crippen molar-refractivity contribution in [1.82, 2.24) is 4.90 Å². The van der Waals surface area contributed by atoms with Gasteiger partial charge in [-0.1, -0.05) is 18.2 Å². The molecule has 2 aliphatic rings. The third kappa shape index (κ3) is 5.35. The highest BCUT2D eigenvalue weighted by atomic mass is 19.4. The van der Waals surface area contributed by atoms with E-state index in [1.165, 1.54) is 6.07 Å². The molecule has 34 heavy (non-hydrogen) atoms. The topological polar surface area (TPSA) is 61.9 Å². The van der Waals surface area contributed by atoms with Gasteiger partial charge in [-0.15, -0.1) is 0 Å². The normalized spacial score (nSPS) is 17.5. The van der Waals surface area contributed by atoms with Crippen molar-refractivity contribution >= 4 is 23.2 Å². The quantitative estimate of drug-likeness (QED) is 0.715. The average Bonchev–Trinajstić information content (AvgIpc) is 2.84. The molecule has 0 radical (unpaired) electrons. The molecule has 0 unspecified atom stereocenters. The fourth-order valence-electron chi connectivity index (χ4n) is 4.46. The maximum absolute atomic E-state index is 13.3. The SMILES string of the molecule is Cc1ccccc1C(=O)N1CCC(C(=O)Nc2cc(C(F)(F)F)ccc2N2CCOCC2)CC1. The van der Waals surface area contributed by atoms with Crippen LogP contribution in [0.5, 0.6) is 0 Å². The number of halogens is 3. The van der Waals surface area contributed by atoms with Crippen molar-refractivity contribution in [2.24, 2.45) is 5.92 Å². The lowest BCUT2D eigenvalue weighted by Crippen LogP contribution is -2.42. The van der Waals surface area contributed by atoms with Crippen LogP contribution in [0, 0.1) is 12.8 Å². The molecule has 0 bridgehead atoms. The van der Waals surface area contributed by atoms with Crippen molar-refractivity contribution in [2.75, 3.05) is 49.6 Å². The lowest BCUT2D eigenvalue weighted by Gasteiger charge is -2.33. The van der Waals surface area contributed by atoms with Crippen LogP contribution in [0.2, 0.25) is 0 Å². The molecule has 1 N–H and O–H groups in total. The minimum Gasteiger partial charge on any atom is -0.378 e. The lowest BCUT2D eigenvalue weighted by molar-refractivity contribution is -0.137. The highest BCUT2D eigenvalue weighted by Crippen LogP contribution is 2.36. The molecule has 2 fully saturated rings. The number of aryl methyl sites for hydroxylation is 1. The Balaban J connectivity index is 1.45. The molecule has 2 amide bonds. The summed E-state index contributed by atoms with van der Waals surface area (Å²) in [4.78, 5) is 29.5. The van der Waals surface area contributed by atoms with Crippen LogP contribution in [-0.4, -0.2) is 56.1 Å². The number of nitrogens with zero attached hydrogens (tertiary/aromatic N) is 2. The molecule has 2 aliphatic heterocycles. The number of amides is 2. The number of morpholine rings is 1. The maximum atomic E-state index is 13.3. The van der Waals surface area contributed by atoms with Crippen LogP contribution >= 0.6 is 0 Å². The van der Waals surface area contributed by atoms with Crippen LogP contribution in [-0.2, 0) is 15.7 Å². The number of ether oxygens (including phenoxy) is 1. The van der Waals surface area contributed by atoms with Gasteiger partial charge in [0.1, 0.15) is 0 Å². The highest BCUT2D eigenvalue weighted by molar-refractivity contribution is 5.97. The number of benzene rings is 2. The summed E-state index contributed by atoms with van der Waals surface area (Å²) in [5.41, 5.74) is 1.44. The second kappa shape index (κ2) is 10.0. The van der Waals surface area contributed by atoms with E-state index in [0.29, 0.717) is 63.5 Å². The Morgan fingerprint density at radius 1 is 1.00 bits per heavy atom. The number of nitrogens with one attached hydrogen (secondary N) is 1. The zero-order valence-electron chi connectivity index (χ0n) is 19.0. The van der Waals surface area contributed by atoms with Crippen LogP contribution in [0.25, 0.3) is 0 Å². The summed E-state index contributed by atoms with van der Waals surface area (Å²) < 4.78 is 45.4. The largest absolute Gasteiger partial charge is 0.416 e. The highest BCUT2D eigenvalue weighted by Gasteiger charge is 2.33. The summed E-state index contributed by atoms with van der Waals surface area (Å²) in [5, 5.41) is 2.75. The van der Waals surface area contributed by atoms with Crippen molar-refractivity contribution in [3.05, 3.63) is 59.2 Å². The molecular weight excluding hydrogens is 447 g/mol. The zero-order valence-corrected chi connectivity index (χ0v) is 19.0. The zero-order chi connectivity index (χ0) is 24.3. The second-order valence-electron chi connectivity index (χ2n) is 8.70. The van der Waals surface area contributed by atoms with Gasteiger partial charge in [-0.05, 0) is 49.6 Å². The minimum absolute atomic E-state index is 0.0653. The van der Waals surface area contributed by atoms with Crippen molar-refractivity contribution < 1.29 is 27.5 Å².